The summed E-state index contributed by atoms with van der Waals surface area (Å²) in [5.74, 6) is -0.0727. The second-order valence-corrected chi connectivity index (χ2v) is 6.01. The fourth-order valence-corrected chi connectivity index (χ4v) is 4.10. The number of nitrogens with zero attached hydrogens (tertiary/aromatic N) is 2. The van der Waals surface area contributed by atoms with Crippen molar-refractivity contribution in [1.82, 2.24) is 9.47 Å². The van der Waals surface area contributed by atoms with E-state index in [1.54, 1.807) is 6.07 Å². The van der Waals surface area contributed by atoms with E-state index in [4.69, 9.17) is 0 Å². The van der Waals surface area contributed by atoms with E-state index in [1.165, 1.54) is 30.6 Å². The lowest BCUT2D eigenvalue weighted by atomic mass is 9.95. The van der Waals surface area contributed by atoms with Gasteiger partial charge in [0.05, 0.1) is 5.52 Å². The molecule has 4 rings (SSSR count). The van der Waals surface area contributed by atoms with Crippen molar-refractivity contribution in [3.63, 3.8) is 0 Å². The van der Waals surface area contributed by atoms with E-state index in [2.05, 4.69) is 15.5 Å². The summed E-state index contributed by atoms with van der Waals surface area (Å²) in [5.41, 5.74) is 4.57. The molecule has 1 aromatic heterocycles. The normalized spacial score (nSPS) is 22.8. The number of hydrogen-bond acceptors (Lipinski definition) is 1. The summed E-state index contributed by atoms with van der Waals surface area (Å²) in [7, 11) is 2.02. The molecule has 0 aliphatic carbocycles. The Balaban J connectivity index is 2.08. The molecule has 3 heterocycles. The van der Waals surface area contributed by atoms with Gasteiger partial charge in [-0.05, 0) is 49.6 Å². The summed E-state index contributed by atoms with van der Waals surface area (Å²) in [6, 6.07) is 4.34. The van der Waals surface area contributed by atoms with E-state index in [-0.39, 0.29) is 5.82 Å². The van der Waals surface area contributed by atoms with Crippen LogP contribution in [0.1, 0.15) is 35.7 Å². The highest BCUT2D eigenvalue weighted by Gasteiger charge is 2.35. The Labute approximate surface area is 112 Å². The van der Waals surface area contributed by atoms with Crippen LogP contribution in [0, 0.1) is 12.7 Å². The van der Waals surface area contributed by atoms with Gasteiger partial charge < -0.3 is 4.57 Å². The Morgan fingerprint density at radius 3 is 2.95 bits per heavy atom. The fraction of sp³-hybridized carbons (Fsp3) is 0.500. The van der Waals surface area contributed by atoms with Crippen molar-refractivity contribution in [2.24, 2.45) is 7.05 Å². The lowest BCUT2D eigenvalue weighted by Crippen LogP contribution is -2.31. The number of aryl methyl sites for hydroxylation is 2. The third kappa shape index (κ3) is 1.45. The van der Waals surface area contributed by atoms with Crippen LogP contribution in [0.3, 0.4) is 0 Å². The standard InChI is InChI=1S/C16H19FN2/c1-10-8-11-15-13(18(2)16(11)12(17)9-10)5-7-19-6-3-4-14(15)19/h8-9,14H,3-7H2,1-2H3. The third-order valence-corrected chi connectivity index (χ3v) is 4.88. The van der Waals surface area contributed by atoms with Crippen LogP contribution in [0.2, 0.25) is 0 Å². The van der Waals surface area contributed by atoms with Gasteiger partial charge in [0.25, 0.3) is 0 Å². The Bertz CT molecular complexity index is 671. The van der Waals surface area contributed by atoms with Gasteiger partial charge in [0.1, 0.15) is 5.82 Å². The van der Waals surface area contributed by atoms with Crippen molar-refractivity contribution >= 4 is 10.9 Å². The maximum absolute atomic E-state index is 14.3. The molecule has 100 valence electrons. The average Bonchev–Trinajstić information content (AvgIpc) is 2.92. The van der Waals surface area contributed by atoms with E-state index in [1.807, 2.05) is 14.0 Å². The van der Waals surface area contributed by atoms with Crippen LogP contribution in [0.4, 0.5) is 4.39 Å². The van der Waals surface area contributed by atoms with Crippen LogP contribution in [0.5, 0.6) is 0 Å². The zero-order chi connectivity index (χ0) is 13.1. The van der Waals surface area contributed by atoms with Gasteiger partial charge in [0.15, 0.2) is 0 Å². The summed E-state index contributed by atoms with van der Waals surface area (Å²) < 4.78 is 16.4. The minimum Gasteiger partial charge on any atom is -0.345 e. The van der Waals surface area contributed by atoms with E-state index >= 15 is 0 Å². The molecule has 2 aliphatic heterocycles. The van der Waals surface area contributed by atoms with Crippen LogP contribution in [-0.2, 0) is 13.5 Å². The van der Waals surface area contributed by atoms with E-state index in [0.717, 1.165) is 29.4 Å². The van der Waals surface area contributed by atoms with Crippen molar-refractivity contribution in [2.75, 3.05) is 13.1 Å². The number of halogens is 1. The van der Waals surface area contributed by atoms with Gasteiger partial charge in [-0.3, -0.25) is 4.90 Å². The molecule has 0 spiro atoms. The molecule has 1 saturated heterocycles. The first-order chi connectivity index (χ1) is 9.16. The predicted molar refractivity (Wildman–Crippen MR) is 74.9 cm³/mol. The number of benzene rings is 1. The van der Waals surface area contributed by atoms with E-state index in [9.17, 15) is 4.39 Å². The van der Waals surface area contributed by atoms with Crippen molar-refractivity contribution in [3.8, 4) is 0 Å². The molecule has 0 saturated carbocycles. The lowest BCUT2D eigenvalue weighted by molar-refractivity contribution is 0.242. The molecule has 1 unspecified atom stereocenters. The molecule has 3 heteroatoms. The maximum Gasteiger partial charge on any atom is 0.147 e. The van der Waals surface area contributed by atoms with Crippen molar-refractivity contribution < 1.29 is 4.39 Å². The quantitative estimate of drug-likeness (QED) is 0.703. The van der Waals surface area contributed by atoms with Gasteiger partial charge in [0, 0.05) is 37.1 Å². The molecule has 0 bridgehead atoms. The monoisotopic (exact) mass is 258 g/mol. The molecule has 2 nitrogen and oxygen atoms in total. The molecule has 1 fully saturated rings. The van der Waals surface area contributed by atoms with Gasteiger partial charge in [-0.1, -0.05) is 0 Å². The van der Waals surface area contributed by atoms with Crippen LogP contribution >= 0.6 is 0 Å². The van der Waals surface area contributed by atoms with Crippen LogP contribution in [0.25, 0.3) is 10.9 Å². The van der Waals surface area contributed by atoms with Crippen molar-refractivity contribution in [3.05, 3.63) is 34.8 Å². The second-order valence-electron chi connectivity index (χ2n) is 6.01. The van der Waals surface area contributed by atoms with Gasteiger partial charge in [-0.15, -0.1) is 0 Å². The maximum atomic E-state index is 14.3. The summed E-state index contributed by atoms with van der Waals surface area (Å²) in [6.07, 6.45) is 3.55. The first kappa shape index (κ1) is 11.5. The van der Waals surface area contributed by atoms with E-state index in [0.29, 0.717) is 6.04 Å². The Morgan fingerprint density at radius 2 is 2.11 bits per heavy atom. The van der Waals surface area contributed by atoms with Crippen LogP contribution in [-0.4, -0.2) is 22.6 Å². The Kier molecular flexibility index (Phi) is 2.31. The molecular weight excluding hydrogens is 239 g/mol. The molecule has 0 radical (unpaired) electrons. The lowest BCUT2D eigenvalue weighted by Gasteiger charge is -2.30. The molecule has 2 aliphatic rings. The molecule has 0 N–H and O–H groups in total. The summed E-state index contributed by atoms with van der Waals surface area (Å²) in [6.45, 7) is 4.31. The molecule has 2 aromatic rings. The topological polar surface area (TPSA) is 8.17 Å². The van der Waals surface area contributed by atoms with Gasteiger partial charge in [-0.2, -0.15) is 0 Å². The first-order valence-electron chi connectivity index (χ1n) is 7.18. The van der Waals surface area contributed by atoms with Gasteiger partial charge in [-0.25, -0.2) is 4.39 Å². The predicted octanol–water partition coefficient (Wildman–Crippen LogP) is 3.32. The number of hydrogen-bond donors (Lipinski definition) is 0. The fourth-order valence-electron chi connectivity index (χ4n) is 4.10. The smallest absolute Gasteiger partial charge is 0.147 e. The molecule has 1 atom stereocenters. The van der Waals surface area contributed by atoms with Crippen LogP contribution in [0.15, 0.2) is 12.1 Å². The van der Waals surface area contributed by atoms with Crippen molar-refractivity contribution in [1.29, 1.82) is 0 Å². The van der Waals surface area contributed by atoms with E-state index < -0.39 is 0 Å². The number of rotatable bonds is 0. The third-order valence-electron chi connectivity index (χ3n) is 4.88. The Morgan fingerprint density at radius 1 is 1.26 bits per heavy atom. The van der Waals surface area contributed by atoms with Crippen LogP contribution < -0.4 is 0 Å². The van der Waals surface area contributed by atoms with Crippen molar-refractivity contribution in [2.45, 2.75) is 32.2 Å². The summed E-state index contributed by atoms with van der Waals surface area (Å²) in [4.78, 5) is 2.57. The zero-order valence-corrected chi connectivity index (χ0v) is 11.5. The highest BCUT2D eigenvalue weighted by molar-refractivity contribution is 5.87. The summed E-state index contributed by atoms with van der Waals surface area (Å²) in [5, 5.41) is 1.15. The minimum absolute atomic E-state index is 0.0727. The molecule has 0 amide bonds. The largest absolute Gasteiger partial charge is 0.345 e. The van der Waals surface area contributed by atoms with Gasteiger partial charge in [0.2, 0.25) is 0 Å². The average molecular weight is 258 g/mol. The minimum atomic E-state index is -0.0727. The Hall–Kier alpha value is -1.35. The zero-order valence-electron chi connectivity index (χ0n) is 11.5. The molecular formula is C16H19FN2. The number of aromatic nitrogens is 1. The second kappa shape index (κ2) is 3.83. The number of fused-ring (bicyclic) bond motifs is 5. The highest BCUT2D eigenvalue weighted by Crippen LogP contribution is 2.43. The van der Waals surface area contributed by atoms with Gasteiger partial charge >= 0.3 is 0 Å². The SMILES string of the molecule is Cc1cc(F)c2c(c1)c1c(n2C)CCN2CCCC12. The molecule has 19 heavy (non-hydrogen) atoms. The highest BCUT2D eigenvalue weighted by atomic mass is 19.1. The first-order valence-corrected chi connectivity index (χ1v) is 7.18. The molecule has 1 aromatic carbocycles. The summed E-state index contributed by atoms with van der Waals surface area (Å²) >= 11 is 0.